The predicted octanol–water partition coefficient (Wildman–Crippen LogP) is 3.66. The van der Waals surface area contributed by atoms with Crippen LogP contribution in [0.4, 0.5) is 0 Å². The zero-order chi connectivity index (χ0) is 15.4. The number of rotatable bonds is 4. The van der Waals surface area contributed by atoms with Crippen LogP contribution in [0.25, 0.3) is 0 Å². The molecule has 21 heavy (non-hydrogen) atoms. The normalized spacial score (nSPS) is 21.9. The molecular weight excluding hydrogens is 348 g/mol. The van der Waals surface area contributed by atoms with Crippen LogP contribution >= 0.6 is 27.7 Å². The molecule has 3 nitrogen and oxygen atoms in total. The fourth-order valence-electron chi connectivity index (χ4n) is 2.78. The summed E-state index contributed by atoms with van der Waals surface area (Å²) in [6.07, 6.45) is 3.29. The summed E-state index contributed by atoms with van der Waals surface area (Å²) >= 11 is 5.04. The molecule has 3 atom stereocenters. The molecule has 0 aliphatic carbocycles. The highest BCUT2D eigenvalue weighted by molar-refractivity contribution is 9.10. The number of nitrogens with two attached hydrogens (primary N) is 1. The molecule has 1 heterocycles. The summed E-state index contributed by atoms with van der Waals surface area (Å²) in [4.78, 5) is 15.8. The molecule has 1 fully saturated rings. The third-order valence-electron chi connectivity index (χ3n) is 3.91. The van der Waals surface area contributed by atoms with Crippen molar-refractivity contribution in [1.29, 1.82) is 0 Å². The number of hydrogen-bond acceptors (Lipinski definition) is 3. The Kier molecular flexibility index (Phi) is 6.14. The minimum Gasteiger partial charge on any atom is -0.337 e. The van der Waals surface area contributed by atoms with Crippen LogP contribution in [-0.4, -0.2) is 34.7 Å². The second kappa shape index (κ2) is 7.65. The zero-order valence-corrected chi connectivity index (χ0v) is 15.0. The van der Waals surface area contributed by atoms with Crippen molar-refractivity contribution in [1.82, 2.24) is 4.90 Å². The molecule has 5 heteroatoms. The predicted molar refractivity (Wildman–Crippen MR) is 92.5 cm³/mol. The van der Waals surface area contributed by atoms with Gasteiger partial charge in [-0.3, -0.25) is 4.79 Å². The van der Waals surface area contributed by atoms with Crippen LogP contribution in [0, 0.1) is 0 Å². The van der Waals surface area contributed by atoms with E-state index >= 15 is 0 Å². The van der Waals surface area contributed by atoms with Crippen molar-refractivity contribution in [3.63, 3.8) is 0 Å². The van der Waals surface area contributed by atoms with Crippen molar-refractivity contribution < 1.29 is 4.79 Å². The van der Waals surface area contributed by atoms with Crippen LogP contribution in [0.5, 0.6) is 0 Å². The number of carbonyl (C=O) groups excluding carboxylic acids is 1. The smallest absolute Gasteiger partial charge is 0.236 e. The van der Waals surface area contributed by atoms with Gasteiger partial charge in [-0.05, 0) is 57.4 Å². The van der Waals surface area contributed by atoms with Crippen LogP contribution in [0.15, 0.2) is 33.6 Å². The molecule has 3 unspecified atom stereocenters. The molecule has 0 saturated carbocycles. The summed E-state index contributed by atoms with van der Waals surface area (Å²) in [5.74, 6) is 0.213. The summed E-state index contributed by atoms with van der Waals surface area (Å²) < 4.78 is 1.05. The maximum atomic E-state index is 12.7. The molecule has 0 bridgehead atoms. The average Bonchev–Trinajstić information content (AvgIpc) is 2.48. The number of hydrogen-bond donors (Lipinski definition) is 1. The number of thioether (sulfide) groups is 1. The Hall–Kier alpha value is -0.520. The number of carbonyl (C=O) groups is 1. The topological polar surface area (TPSA) is 46.3 Å². The Morgan fingerprint density at radius 3 is 2.62 bits per heavy atom. The first-order valence-electron chi connectivity index (χ1n) is 7.47. The van der Waals surface area contributed by atoms with E-state index in [2.05, 4.69) is 15.9 Å². The van der Waals surface area contributed by atoms with Gasteiger partial charge in [0.2, 0.25) is 5.91 Å². The molecule has 0 spiro atoms. The van der Waals surface area contributed by atoms with E-state index in [1.54, 1.807) is 11.8 Å². The monoisotopic (exact) mass is 370 g/mol. The summed E-state index contributed by atoms with van der Waals surface area (Å²) in [5.41, 5.74) is 6.06. The van der Waals surface area contributed by atoms with E-state index < -0.39 is 0 Å². The lowest BCUT2D eigenvalue weighted by atomic mass is 9.96. The highest BCUT2D eigenvalue weighted by atomic mass is 79.9. The molecule has 1 saturated heterocycles. The van der Waals surface area contributed by atoms with Gasteiger partial charge in [0.1, 0.15) is 0 Å². The van der Waals surface area contributed by atoms with Gasteiger partial charge in [-0.15, -0.1) is 11.8 Å². The fourth-order valence-corrected chi connectivity index (χ4v) is 3.98. The molecule has 1 aliphatic heterocycles. The van der Waals surface area contributed by atoms with E-state index in [9.17, 15) is 4.79 Å². The van der Waals surface area contributed by atoms with E-state index in [0.717, 1.165) is 28.8 Å². The van der Waals surface area contributed by atoms with Gasteiger partial charge in [-0.1, -0.05) is 15.9 Å². The van der Waals surface area contributed by atoms with Crippen LogP contribution < -0.4 is 5.73 Å². The quantitative estimate of drug-likeness (QED) is 0.822. The van der Waals surface area contributed by atoms with Crippen molar-refractivity contribution in [2.45, 2.75) is 55.3 Å². The van der Waals surface area contributed by atoms with Gasteiger partial charge in [0.25, 0.3) is 0 Å². The molecule has 2 N–H and O–H groups in total. The highest BCUT2D eigenvalue weighted by Gasteiger charge is 2.31. The van der Waals surface area contributed by atoms with Gasteiger partial charge in [0.15, 0.2) is 0 Å². The minimum absolute atomic E-state index is 0.0409. The van der Waals surface area contributed by atoms with Crippen molar-refractivity contribution in [3.8, 4) is 0 Å². The Morgan fingerprint density at radius 1 is 1.33 bits per heavy atom. The summed E-state index contributed by atoms with van der Waals surface area (Å²) in [5, 5.41) is -0.0782. The Labute approximate surface area is 139 Å². The van der Waals surface area contributed by atoms with Crippen LogP contribution in [0.1, 0.15) is 33.1 Å². The maximum absolute atomic E-state index is 12.7. The SMILES string of the molecule is CC(Sc1ccc(Br)cc1)C(=O)N1CCCCC1C(C)N. The van der Waals surface area contributed by atoms with Crippen LogP contribution in [0.2, 0.25) is 0 Å². The summed E-state index contributed by atoms with van der Waals surface area (Å²) in [7, 11) is 0. The van der Waals surface area contributed by atoms with Crippen molar-refractivity contribution in [2.24, 2.45) is 5.73 Å². The van der Waals surface area contributed by atoms with E-state index in [4.69, 9.17) is 5.73 Å². The number of amides is 1. The molecule has 1 aromatic carbocycles. The van der Waals surface area contributed by atoms with Crippen molar-refractivity contribution in [2.75, 3.05) is 6.54 Å². The molecule has 0 aromatic heterocycles. The summed E-state index contributed by atoms with van der Waals surface area (Å²) in [6.45, 7) is 4.83. The second-order valence-corrected chi connectivity index (χ2v) is 8.00. The van der Waals surface area contributed by atoms with Gasteiger partial charge in [0.05, 0.1) is 5.25 Å². The van der Waals surface area contributed by atoms with Crippen molar-refractivity contribution >= 4 is 33.6 Å². The lowest BCUT2D eigenvalue weighted by molar-refractivity contribution is -0.134. The van der Waals surface area contributed by atoms with Gasteiger partial charge in [-0.25, -0.2) is 0 Å². The van der Waals surface area contributed by atoms with Gasteiger partial charge < -0.3 is 10.6 Å². The number of nitrogens with zero attached hydrogens (tertiary/aromatic N) is 1. The molecule has 1 aliphatic rings. The van der Waals surface area contributed by atoms with Crippen LogP contribution in [0.3, 0.4) is 0 Å². The van der Waals surface area contributed by atoms with E-state index in [1.807, 2.05) is 43.0 Å². The van der Waals surface area contributed by atoms with Crippen LogP contribution in [-0.2, 0) is 4.79 Å². The first-order valence-corrected chi connectivity index (χ1v) is 9.14. The standard InChI is InChI=1S/C16H23BrN2OS/c1-11(18)15-5-3-4-10-19(15)16(20)12(2)21-14-8-6-13(17)7-9-14/h6-9,11-12,15H,3-5,10,18H2,1-2H3. The average molecular weight is 371 g/mol. The Bertz CT molecular complexity index is 478. The third kappa shape index (κ3) is 4.47. The second-order valence-electron chi connectivity index (χ2n) is 5.67. The lowest BCUT2D eigenvalue weighted by Gasteiger charge is -2.39. The number of benzene rings is 1. The first-order chi connectivity index (χ1) is 9.99. The van der Waals surface area contributed by atoms with Gasteiger partial charge >= 0.3 is 0 Å². The molecule has 0 radical (unpaired) electrons. The summed E-state index contributed by atoms with van der Waals surface area (Å²) in [6, 6.07) is 8.32. The van der Waals surface area contributed by atoms with E-state index in [0.29, 0.717) is 0 Å². The van der Waals surface area contributed by atoms with Gasteiger partial charge in [-0.2, -0.15) is 0 Å². The van der Waals surface area contributed by atoms with Gasteiger partial charge in [0, 0.05) is 28.0 Å². The zero-order valence-electron chi connectivity index (χ0n) is 12.6. The van der Waals surface area contributed by atoms with E-state index in [-0.39, 0.29) is 23.2 Å². The molecule has 1 amide bonds. The number of piperidine rings is 1. The third-order valence-corrected chi connectivity index (χ3v) is 5.54. The highest BCUT2D eigenvalue weighted by Crippen LogP contribution is 2.28. The minimum atomic E-state index is -0.0782. The lowest BCUT2D eigenvalue weighted by Crippen LogP contribution is -2.53. The molecule has 116 valence electrons. The van der Waals surface area contributed by atoms with E-state index in [1.165, 1.54) is 6.42 Å². The fraction of sp³-hybridized carbons (Fsp3) is 0.562. The Morgan fingerprint density at radius 2 is 2.00 bits per heavy atom. The molecule has 1 aromatic rings. The van der Waals surface area contributed by atoms with Crippen molar-refractivity contribution in [3.05, 3.63) is 28.7 Å². The number of likely N-dealkylation sites (tertiary alicyclic amines) is 1. The largest absolute Gasteiger partial charge is 0.337 e. The molecular formula is C16H23BrN2OS. The molecule has 2 rings (SSSR count). The first kappa shape index (κ1) is 16.8. The number of halogens is 1. The maximum Gasteiger partial charge on any atom is 0.236 e. The Balaban J connectivity index is 2.02.